The standard InChI is InChI=1S/C11H23O5P/c1-3-5-6-9(4-2)7-10(11(12)13)8-17(14,15)16/h9-10H,3-8H2,1-2H3,(H,12,13)(H2,14,15,16). The number of rotatable bonds is 9. The van der Waals surface area contributed by atoms with Gasteiger partial charge in [-0.1, -0.05) is 39.5 Å². The molecular weight excluding hydrogens is 243 g/mol. The lowest BCUT2D eigenvalue weighted by atomic mass is 9.89. The third-order valence-corrected chi connectivity index (χ3v) is 3.89. The Kier molecular flexibility index (Phi) is 7.68. The van der Waals surface area contributed by atoms with Gasteiger partial charge in [0.25, 0.3) is 0 Å². The molecule has 0 aliphatic rings. The van der Waals surface area contributed by atoms with Crippen LogP contribution in [0.3, 0.4) is 0 Å². The van der Waals surface area contributed by atoms with Crippen LogP contribution >= 0.6 is 7.60 Å². The highest BCUT2D eigenvalue weighted by atomic mass is 31.2. The normalized spacial score (nSPS) is 15.5. The zero-order chi connectivity index (χ0) is 13.5. The molecule has 0 aromatic rings. The van der Waals surface area contributed by atoms with E-state index in [1.54, 1.807) is 0 Å². The van der Waals surface area contributed by atoms with Crippen molar-refractivity contribution in [2.24, 2.45) is 11.8 Å². The molecule has 2 atom stereocenters. The van der Waals surface area contributed by atoms with Crippen molar-refractivity contribution >= 4 is 13.6 Å². The summed E-state index contributed by atoms with van der Waals surface area (Å²) in [5, 5.41) is 8.96. The van der Waals surface area contributed by atoms with Gasteiger partial charge in [-0.3, -0.25) is 9.36 Å². The van der Waals surface area contributed by atoms with Gasteiger partial charge in [0.1, 0.15) is 0 Å². The van der Waals surface area contributed by atoms with Crippen LogP contribution in [0.1, 0.15) is 46.0 Å². The molecule has 0 spiro atoms. The molecule has 0 saturated carbocycles. The average molecular weight is 266 g/mol. The summed E-state index contributed by atoms with van der Waals surface area (Å²) in [6.07, 6.45) is 3.66. The number of hydrogen-bond acceptors (Lipinski definition) is 2. The molecule has 102 valence electrons. The first-order valence-corrected chi connectivity index (χ1v) is 7.87. The van der Waals surface area contributed by atoms with E-state index in [0.29, 0.717) is 6.42 Å². The van der Waals surface area contributed by atoms with Crippen molar-refractivity contribution in [1.29, 1.82) is 0 Å². The summed E-state index contributed by atoms with van der Waals surface area (Å²) in [7, 11) is -4.25. The Morgan fingerprint density at radius 2 is 1.88 bits per heavy atom. The van der Waals surface area contributed by atoms with Crippen LogP contribution in [-0.4, -0.2) is 27.0 Å². The van der Waals surface area contributed by atoms with E-state index in [-0.39, 0.29) is 5.92 Å². The summed E-state index contributed by atoms with van der Waals surface area (Å²) in [4.78, 5) is 28.7. The van der Waals surface area contributed by atoms with E-state index in [4.69, 9.17) is 14.9 Å². The maximum Gasteiger partial charge on any atom is 0.326 e. The second-order valence-corrected chi connectivity index (χ2v) is 6.23. The second-order valence-electron chi connectivity index (χ2n) is 4.53. The van der Waals surface area contributed by atoms with Gasteiger partial charge in [-0.2, -0.15) is 0 Å². The van der Waals surface area contributed by atoms with Gasteiger partial charge in [-0.25, -0.2) is 0 Å². The van der Waals surface area contributed by atoms with Crippen LogP contribution in [0, 0.1) is 11.8 Å². The molecule has 2 unspecified atom stereocenters. The lowest BCUT2D eigenvalue weighted by Crippen LogP contribution is -2.21. The number of carboxylic acid groups (broad SMARTS) is 1. The van der Waals surface area contributed by atoms with Crippen molar-refractivity contribution in [3.05, 3.63) is 0 Å². The molecule has 5 nitrogen and oxygen atoms in total. The maximum atomic E-state index is 11.0. The second kappa shape index (κ2) is 7.85. The largest absolute Gasteiger partial charge is 0.481 e. The van der Waals surface area contributed by atoms with Gasteiger partial charge in [0.2, 0.25) is 0 Å². The summed E-state index contributed by atoms with van der Waals surface area (Å²) in [5.74, 6) is -1.80. The third kappa shape index (κ3) is 8.36. The molecule has 0 aromatic heterocycles. The summed E-state index contributed by atoms with van der Waals surface area (Å²) in [6, 6.07) is 0. The van der Waals surface area contributed by atoms with Crippen molar-refractivity contribution < 1.29 is 24.3 Å². The molecule has 17 heavy (non-hydrogen) atoms. The number of unbranched alkanes of at least 4 members (excludes halogenated alkanes) is 1. The molecule has 0 bridgehead atoms. The van der Waals surface area contributed by atoms with E-state index in [0.717, 1.165) is 25.7 Å². The molecule has 0 rings (SSSR count). The minimum Gasteiger partial charge on any atom is -0.481 e. The highest BCUT2D eigenvalue weighted by Gasteiger charge is 2.29. The average Bonchev–Trinajstić information content (AvgIpc) is 2.20. The van der Waals surface area contributed by atoms with Crippen LogP contribution in [-0.2, 0) is 9.36 Å². The Morgan fingerprint density at radius 1 is 1.29 bits per heavy atom. The van der Waals surface area contributed by atoms with Crippen molar-refractivity contribution in [2.75, 3.05) is 6.16 Å². The van der Waals surface area contributed by atoms with Gasteiger partial charge in [0.15, 0.2) is 0 Å². The van der Waals surface area contributed by atoms with Crippen LogP contribution in [0.15, 0.2) is 0 Å². The SMILES string of the molecule is CCCCC(CC)CC(CP(=O)(O)O)C(=O)O. The van der Waals surface area contributed by atoms with E-state index in [1.165, 1.54) is 0 Å². The van der Waals surface area contributed by atoms with Gasteiger partial charge in [0.05, 0.1) is 12.1 Å². The topological polar surface area (TPSA) is 94.8 Å². The first kappa shape index (κ1) is 16.6. The minimum absolute atomic E-state index is 0.239. The zero-order valence-electron chi connectivity index (χ0n) is 10.5. The summed E-state index contributed by atoms with van der Waals surface area (Å²) in [5.41, 5.74) is 0. The third-order valence-electron chi connectivity index (χ3n) is 2.97. The van der Waals surface area contributed by atoms with E-state index >= 15 is 0 Å². The monoisotopic (exact) mass is 266 g/mol. The van der Waals surface area contributed by atoms with E-state index in [1.807, 2.05) is 6.92 Å². The lowest BCUT2D eigenvalue weighted by Gasteiger charge is -2.20. The fourth-order valence-electron chi connectivity index (χ4n) is 1.92. The van der Waals surface area contributed by atoms with Crippen LogP contribution in [0.25, 0.3) is 0 Å². The fraction of sp³-hybridized carbons (Fsp3) is 0.909. The van der Waals surface area contributed by atoms with Gasteiger partial charge in [0, 0.05) is 0 Å². The number of aliphatic carboxylic acids is 1. The Bertz CT molecular complexity index is 273. The van der Waals surface area contributed by atoms with Gasteiger partial charge >= 0.3 is 13.6 Å². The van der Waals surface area contributed by atoms with Gasteiger partial charge < -0.3 is 14.9 Å². The zero-order valence-corrected chi connectivity index (χ0v) is 11.4. The van der Waals surface area contributed by atoms with Crippen LogP contribution in [0.2, 0.25) is 0 Å². The lowest BCUT2D eigenvalue weighted by molar-refractivity contribution is -0.141. The molecule has 0 saturated heterocycles. The fourth-order valence-corrected chi connectivity index (χ4v) is 2.80. The van der Waals surface area contributed by atoms with Crippen molar-refractivity contribution in [1.82, 2.24) is 0 Å². The summed E-state index contributed by atoms with van der Waals surface area (Å²) < 4.78 is 10.9. The van der Waals surface area contributed by atoms with Crippen molar-refractivity contribution in [2.45, 2.75) is 46.0 Å². The highest BCUT2D eigenvalue weighted by Crippen LogP contribution is 2.39. The van der Waals surface area contributed by atoms with E-state index < -0.39 is 25.6 Å². The molecule has 3 N–H and O–H groups in total. The summed E-state index contributed by atoms with van der Waals surface area (Å²) >= 11 is 0. The molecular formula is C11H23O5P. The van der Waals surface area contributed by atoms with Crippen LogP contribution < -0.4 is 0 Å². The Balaban J connectivity index is 4.41. The first-order chi connectivity index (χ1) is 7.80. The van der Waals surface area contributed by atoms with Gasteiger partial charge in [-0.15, -0.1) is 0 Å². The number of hydrogen-bond donors (Lipinski definition) is 3. The van der Waals surface area contributed by atoms with E-state index in [2.05, 4.69) is 6.92 Å². The van der Waals surface area contributed by atoms with Crippen molar-refractivity contribution in [3.63, 3.8) is 0 Å². The number of carboxylic acids is 1. The maximum absolute atomic E-state index is 11.0. The Morgan fingerprint density at radius 3 is 2.24 bits per heavy atom. The Hall–Kier alpha value is -0.380. The summed E-state index contributed by atoms with van der Waals surface area (Å²) in [6.45, 7) is 4.05. The molecule has 0 aliphatic carbocycles. The predicted molar refractivity (Wildman–Crippen MR) is 66.0 cm³/mol. The molecule has 0 heterocycles. The molecule has 0 amide bonds. The van der Waals surface area contributed by atoms with Crippen LogP contribution in [0.4, 0.5) is 0 Å². The molecule has 0 aromatic carbocycles. The Labute approximate surface area is 102 Å². The number of carbonyl (C=O) groups is 1. The first-order valence-electron chi connectivity index (χ1n) is 6.07. The van der Waals surface area contributed by atoms with Crippen molar-refractivity contribution in [3.8, 4) is 0 Å². The predicted octanol–water partition coefficient (Wildman–Crippen LogP) is 2.47. The highest BCUT2D eigenvalue weighted by molar-refractivity contribution is 7.51. The molecule has 0 fully saturated rings. The quantitative estimate of drug-likeness (QED) is 0.557. The molecule has 0 radical (unpaired) electrons. The van der Waals surface area contributed by atoms with Crippen LogP contribution in [0.5, 0.6) is 0 Å². The van der Waals surface area contributed by atoms with E-state index in [9.17, 15) is 9.36 Å². The van der Waals surface area contributed by atoms with Gasteiger partial charge in [-0.05, 0) is 12.3 Å². The molecule has 0 aliphatic heterocycles. The minimum atomic E-state index is -4.25. The molecule has 6 heteroatoms. The smallest absolute Gasteiger partial charge is 0.326 e.